The van der Waals surface area contributed by atoms with E-state index < -0.39 is 0 Å². The van der Waals surface area contributed by atoms with E-state index in [1.807, 2.05) is 37.1 Å². The van der Waals surface area contributed by atoms with Crippen LogP contribution in [0, 0.1) is 13.8 Å². The summed E-state index contributed by atoms with van der Waals surface area (Å²) in [6.07, 6.45) is 6.45. The van der Waals surface area contributed by atoms with Crippen LogP contribution in [0.4, 0.5) is 0 Å². The smallest absolute Gasteiger partial charge is 0.257 e. The third-order valence-electron chi connectivity index (χ3n) is 9.94. The van der Waals surface area contributed by atoms with Crippen LogP contribution in [0.1, 0.15) is 72.5 Å². The average Bonchev–Trinajstić information content (AvgIpc) is 3.35. The zero-order chi connectivity index (χ0) is 29.4. The topological polar surface area (TPSA) is 74.7 Å². The molecule has 2 unspecified atom stereocenters. The van der Waals surface area contributed by atoms with Crippen molar-refractivity contribution in [2.45, 2.75) is 77.6 Å². The molecule has 8 heteroatoms. The molecule has 6 rings (SSSR count). The first-order chi connectivity index (χ1) is 20.3. The number of hydrogen-bond acceptors (Lipinski definition) is 7. The molecule has 1 aromatic carbocycles. The monoisotopic (exact) mass is 568 g/mol. The zero-order valence-corrected chi connectivity index (χ0v) is 25.7. The van der Waals surface area contributed by atoms with E-state index in [0.717, 1.165) is 75.7 Å². The Morgan fingerprint density at radius 2 is 1.79 bits per heavy atom. The number of piperazine rings is 1. The van der Waals surface area contributed by atoms with Gasteiger partial charge in [-0.05, 0) is 76.8 Å². The van der Waals surface area contributed by atoms with Crippen LogP contribution in [0.15, 0.2) is 48.9 Å². The summed E-state index contributed by atoms with van der Waals surface area (Å²) in [7, 11) is 0. The van der Waals surface area contributed by atoms with Crippen molar-refractivity contribution in [2.75, 3.05) is 39.3 Å². The van der Waals surface area contributed by atoms with E-state index in [0.29, 0.717) is 11.6 Å². The van der Waals surface area contributed by atoms with E-state index >= 15 is 0 Å². The van der Waals surface area contributed by atoms with Gasteiger partial charge in [0.15, 0.2) is 0 Å². The van der Waals surface area contributed by atoms with Gasteiger partial charge in [0.1, 0.15) is 6.33 Å². The number of ether oxygens (including phenoxy) is 1. The molecule has 0 bridgehead atoms. The van der Waals surface area contributed by atoms with Crippen LogP contribution in [0.25, 0.3) is 11.3 Å². The molecule has 3 aromatic rings. The number of piperidine rings is 1. The van der Waals surface area contributed by atoms with Gasteiger partial charge in [-0.15, -0.1) is 0 Å². The van der Waals surface area contributed by atoms with E-state index in [9.17, 15) is 4.79 Å². The highest BCUT2D eigenvalue weighted by atomic mass is 16.5. The van der Waals surface area contributed by atoms with Crippen molar-refractivity contribution in [3.05, 3.63) is 77.0 Å². The van der Waals surface area contributed by atoms with Gasteiger partial charge in [0.05, 0.1) is 34.8 Å². The molecule has 2 aliphatic heterocycles. The lowest BCUT2D eigenvalue weighted by atomic mass is 9.86. The summed E-state index contributed by atoms with van der Waals surface area (Å²) in [5.41, 5.74) is 7.25. The molecule has 3 atom stereocenters. The number of benzene rings is 1. The number of rotatable bonds is 6. The number of amides is 1. The molecule has 0 radical (unpaired) electrons. The second-order valence-corrected chi connectivity index (χ2v) is 12.5. The highest BCUT2D eigenvalue weighted by molar-refractivity contribution is 5.96. The molecule has 4 heterocycles. The minimum Gasteiger partial charge on any atom is -0.376 e. The molecular weight excluding hydrogens is 524 g/mol. The first-order valence-corrected chi connectivity index (χ1v) is 15.5. The first kappa shape index (κ1) is 28.9. The Morgan fingerprint density at radius 1 is 1.02 bits per heavy atom. The Balaban J connectivity index is 1.14. The molecule has 1 aliphatic carbocycles. The van der Waals surface area contributed by atoms with E-state index in [2.05, 4.69) is 69.8 Å². The van der Waals surface area contributed by atoms with Gasteiger partial charge in [-0.3, -0.25) is 19.6 Å². The number of aromatic nitrogens is 3. The minimum absolute atomic E-state index is 0.0684. The minimum atomic E-state index is 0.0684. The Bertz CT molecular complexity index is 1400. The summed E-state index contributed by atoms with van der Waals surface area (Å²) in [5, 5.41) is 0. The Kier molecular flexibility index (Phi) is 8.13. The van der Waals surface area contributed by atoms with Crippen LogP contribution in [-0.4, -0.2) is 92.6 Å². The third-order valence-corrected chi connectivity index (χ3v) is 9.94. The molecule has 3 aliphatic rings. The fraction of sp³-hybridized carbons (Fsp3) is 0.529. The number of hydrogen-bond donors (Lipinski definition) is 0. The van der Waals surface area contributed by atoms with Crippen LogP contribution in [0.5, 0.6) is 0 Å². The number of aryl methyl sites for hydroxylation is 2. The van der Waals surface area contributed by atoms with Crippen molar-refractivity contribution in [3.8, 4) is 11.3 Å². The number of carbonyl (C=O) groups is 1. The summed E-state index contributed by atoms with van der Waals surface area (Å²) in [5.74, 6) is 0.0684. The normalized spacial score (nSPS) is 24.5. The van der Waals surface area contributed by atoms with Crippen LogP contribution < -0.4 is 0 Å². The molecule has 2 aromatic heterocycles. The lowest BCUT2D eigenvalue weighted by Gasteiger charge is -2.53. The van der Waals surface area contributed by atoms with Gasteiger partial charge in [0, 0.05) is 69.1 Å². The summed E-state index contributed by atoms with van der Waals surface area (Å²) in [6, 6.07) is 13.6. The summed E-state index contributed by atoms with van der Waals surface area (Å²) in [4.78, 5) is 33.9. The van der Waals surface area contributed by atoms with Crippen LogP contribution in [-0.2, 0) is 11.2 Å². The Labute approximate surface area is 250 Å². The van der Waals surface area contributed by atoms with Crippen LogP contribution in [0.3, 0.4) is 0 Å². The highest BCUT2D eigenvalue weighted by Crippen LogP contribution is 2.42. The maximum Gasteiger partial charge on any atom is 0.257 e. The molecule has 222 valence electrons. The SMILES string of the molecule is CCOC1Cc2cc(-c3ccccn3)ccc2[C@H]1N1CCN(C2(C)CCN(C(=O)c3c(C)ncnc3C)CC2)CC1C. The van der Waals surface area contributed by atoms with Gasteiger partial charge in [-0.1, -0.05) is 18.2 Å². The number of likely N-dealkylation sites (tertiary alicyclic amines) is 1. The quantitative estimate of drug-likeness (QED) is 0.421. The third kappa shape index (κ3) is 5.36. The highest BCUT2D eigenvalue weighted by Gasteiger charge is 2.44. The molecule has 0 spiro atoms. The van der Waals surface area contributed by atoms with Gasteiger partial charge in [0.2, 0.25) is 0 Å². The number of fused-ring (bicyclic) bond motifs is 1. The maximum atomic E-state index is 13.4. The molecule has 2 fully saturated rings. The molecule has 8 nitrogen and oxygen atoms in total. The average molecular weight is 569 g/mol. The van der Waals surface area contributed by atoms with E-state index in [1.54, 1.807) is 0 Å². The molecule has 0 saturated carbocycles. The van der Waals surface area contributed by atoms with Gasteiger partial charge < -0.3 is 9.64 Å². The lowest BCUT2D eigenvalue weighted by Crippen LogP contribution is -2.62. The Hall–Kier alpha value is -3.20. The van der Waals surface area contributed by atoms with Crippen molar-refractivity contribution in [1.82, 2.24) is 29.7 Å². The molecule has 2 saturated heterocycles. The van der Waals surface area contributed by atoms with Crippen molar-refractivity contribution < 1.29 is 9.53 Å². The van der Waals surface area contributed by atoms with Crippen molar-refractivity contribution in [2.24, 2.45) is 0 Å². The molecular formula is C34H44N6O2. The molecule has 1 amide bonds. The van der Waals surface area contributed by atoms with Crippen LogP contribution in [0.2, 0.25) is 0 Å². The predicted molar refractivity (Wildman–Crippen MR) is 164 cm³/mol. The maximum absolute atomic E-state index is 13.4. The molecule has 0 N–H and O–H groups in total. The lowest BCUT2D eigenvalue weighted by molar-refractivity contribution is -0.0630. The summed E-state index contributed by atoms with van der Waals surface area (Å²) in [6.45, 7) is 16.0. The second-order valence-electron chi connectivity index (χ2n) is 12.5. The van der Waals surface area contributed by atoms with Gasteiger partial charge >= 0.3 is 0 Å². The number of nitrogens with zero attached hydrogens (tertiary/aromatic N) is 6. The fourth-order valence-electron chi connectivity index (χ4n) is 7.49. The predicted octanol–water partition coefficient (Wildman–Crippen LogP) is 4.86. The van der Waals surface area contributed by atoms with E-state index in [-0.39, 0.29) is 23.6 Å². The van der Waals surface area contributed by atoms with Gasteiger partial charge in [-0.2, -0.15) is 0 Å². The first-order valence-electron chi connectivity index (χ1n) is 15.5. The largest absolute Gasteiger partial charge is 0.376 e. The summed E-state index contributed by atoms with van der Waals surface area (Å²) >= 11 is 0. The van der Waals surface area contributed by atoms with Gasteiger partial charge in [0.25, 0.3) is 5.91 Å². The van der Waals surface area contributed by atoms with E-state index in [1.165, 1.54) is 23.0 Å². The summed E-state index contributed by atoms with van der Waals surface area (Å²) < 4.78 is 6.38. The van der Waals surface area contributed by atoms with Crippen LogP contribution >= 0.6 is 0 Å². The second kappa shape index (κ2) is 11.8. The van der Waals surface area contributed by atoms with E-state index in [4.69, 9.17) is 4.74 Å². The molecule has 42 heavy (non-hydrogen) atoms. The fourth-order valence-corrected chi connectivity index (χ4v) is 7.49. The van der Waals surface area contributed by atoms with Crippen molar-refractivity contribution >= 4 is 5.91 Å². The standard InChI is InChI=1S/C34H44N6O2/c1-6-42-30-20-27-19-26(29-9-7-8-14-35-29)10-11-28(27)32(30)40-18-17-39(21-23(40)2)34(5)12-15-38(16-13-34)33(41)31-24(3)36-22-37-25(31)4/h7-11,14,19,22-23,30,32H,6,12-13,15-18,20-21H2,1-5H3/t23?,30?,32-/m1/s1. The Morgan fingerprint density at radius 3 is 2.45 bits per heavy atom. The number of carbonyl (C=O) groups excluding carboxylic acids is 1. The van der Waals surface area contributed by atoms with Gasteiger partial charge in [-0.25, -0.2) is 9.97 Å². The van der Waals surface area contributed by atoms with Crippen molar-refractivity contribution in [1.29, 1.82) is 0 Å². The zero-order valence-electron chi connectivity index (χ0n) is 25.7. The number of pyridine rings is 1. The van der Waals surface area contributed by atoms with Crippen molar-refractivity contribution in [3.63, 3.8) is 0 Å².